The third kappa shape index (κ3) is 9.99. The van der Waals surface area contributed by atoms with Crippen LogP contribution in [0.15, 0.2) is 84.6 Å². The fourth-order valence-electron chi connectivity index (χ4n) is 6.92. The van der Waals surface area contributed by atoms with E-state index in [1.165, 1.54) is 14.2 Å². The Morgan fingerprint density at radius 1 is 0.736 bits per heavy atom. The van der Waals surface area contributed by atoms with Gasteiger partial charge < -0.3 is 14.4 Å². The molecule has 0 aromatic heterocycles. The fraction of sp³-hybridized carbons (Fsp3) is 0.410. The Labute approximate surface area is 312 Å². The molecule has 12 nitrogen and oxygen atoms in total. The Morgan fingerprint density at radius 2 is 1.28 bits per heavy atom. The summed E-state index contributed by atoms with van der Waals surface area (Å²) in [6, 6.07) is 10.8. The minimum absolute atomic E-state index is 0.291. The molecule has 14 heteroatoms. The Kier molecular flexibility index (Phi) is 13.1. The van der Waals surface area contributed by atoms with Crippen molar-refractivity contribution in [1.82, 2.24) is 0 Å². The topological polar surface area (TPSA) is 168 Å². The van der Waals surface area contributed by atoms with Gasteiger partial charge in [-0.1, -0.05) is 44.2 Å². The molecular formula is C39H49N2O10S2+. The number of rotatable bonds is 16. The highest BCUT2D eigenvalue weighted by Gasteiger charge is 2.44. The number of ether oxygens (including phenoxy) is 2. The van der Waals surface area contributed by atoms with E-state index in [1.54, 1.807) is 12.1 Å². The molecule has 4 rings (SSSR count). The third-order valence-electron chi connectivity index (χ3n) is 9.65. The predicted molar refractivity (Wildman–Crippen MR) is 206 cm³/mol. The molecule has 0 fully saturated rings. The second kappa shape index (κ2) is 16.8. The van der Waals surface area contributed by atoms with Crippen LogP contribution < -0.4 is 4.90 Å². The number of methoxy groups -OCH3 is 2. The average molecular weight is 770 g/mol. The first kappa shape index (κ1) is 41.4. The average Bonchev–Trinajstić information content (AvgIpc) is 3.43. The van der Waals surface area contributed by atoms with Crippen molar-refractivity contribution in [2.75, 3.05) is 43.7 Å². The van der Waals surface area contributed by atoms with Crippen molar-refractivity contribution >= 4 is 49.3 Å². The standard InChI is InChI=1S/C39H48N2O10S2/c1-38(2)30-26-28(36(42)50-5)18-20-32(30)40(22-12-14-24-52(44,45)46)34(38)16-10-8-7-9-11-17-35-39(3,4)31-27-29(37(43)51-6)19-21-33(31)41(35)23-13-15-25-53(47,48)49/h7-11,16-21,26-27H,12-15,22-25H2,1-6H3,(H-,44,45,46,47,48,49)/p+1. The lowest BCUT2D eigenvalue weighted by Gasteiger charge is -2.27. The molecule has 2 aromatic carbocycles. The van der Waals surface area contributed by atoms with Gasteiger partial charge in [-0.3, -0.25) is 9.11 Å². The van der Waals surface area contributed by atoms with E-state index in [2.05, 4.69) is 37.2 Å². The van der Waals surface area contributed by atoms with E-state index >= 15 is 0 Å². The van der Waals surface area contributed by atoms with Crippen molar-refractivity contribution in [3.63, 3.8) is 0 Å². The second-order valence-corrected chi connectivity index (χ2v) is 17.2. The Balaban J connectivity index is 1.58. The first-order valence-corrected chi connectivity index (χ1v) is 20.5. The van der Waals surface area contributed by atoms with Gasteiger partial charge in [0.15, 0.2) is 5.71 Å². The number of carbonyl (C=O) groups excluding carboxylic acids is 2. The molecule has 0 radical (unpaired) electrons. The van der Waals surface area contributed by atoms with Crippen LogP contribution in [0.4, 0.5) is 11.4 Å². The number of carbonyl (C=O) groups is 2. The van der Waals surface area contributed by atoms with Gasteiger partial charge in [0.05, 0.1) is 42.3 Å². The summed E-state index contributed by atoms with van der Waals surface area (Å²) in [5.41, 5.74) is 5.49. The molecule has 0 bridgehead atoms. The molecule has 286 valence electrons. The number of benzene rings is 2. The van der Waals surface area contributed by atoms with Gasteiger partial charge in [-0.2, -0.15) is 21.4 Å². The minimum Gasteiger partial charge on any atom is -0.465 e. The summed E-state index contributed by atoms with van der Waals surface area (Å²) in [5.74, 6) is -1.52. The predicted octanol–water partition coefficient (Wildman–Crippen LogP) is 6.32. The van der Waals surface area contributed by atoms with Crippen molar-refractivity contribution < 1.29 is 49.6 Å². The summed E-state index contributed by atoms with van der Waals surface area (Å²) in [4.78, 5) is 26.8. The molecule has 0 saturated heterocycles. The van der Waals surface area contributed by atoms with E-state index in [0.717, 1.165) is 33.9 Å². The van der Waals surface area contributed by atoms with Crippen LogP contribution in [-0.2, 0) is 40.5 Å². The van der Waals surface area contributed by atoms with Gasteiger partial charge in [-0.15, -0.1) is 0 Å². The minimum atomic E-state index is -4.06. The number of nitrogens with zero attached hydrogens (tertiary/aromatic N) is 2. The number of esters is 2. The largest absolute Gasteiger partial charge is 0.465 e. The van der Waals surface area contributed by atoms with Crippen molar-refractivity contribution in [2.24, 2.45) is 0 Å². The summed E-state index contributed by atoms with van der Waals surface area (Å²) in [7, 11) is -5.46. The summed E-state index contributed by atoms with van der Waals surface area (Å²) in [5, 5.41) is 0. The normalized spacial score (nSPS) is 17.4. The number of fused-ring (bicyclic) bond motifs is 2. The van der Waals surface area contributed by atoms with E-state index in [4.69, 9.17) is 9.47 Å². The Bertz CT molecular complexity index is 2110. The van der Waals surface area contributed by atoms with Crippen LogP contribution >= 0.6 is 0 Å². The van der Waals surface area contributed by atoms with Crippen LogP contribution in [0.1, 0.15) is 85.2 Å². The molecule has 53 heavy (non-hydrogen) atoms. The lowest BCUT2D eigenvalue weighted by atomic mass is 9.81. The third-order valence-corrected chi connectivity index (χ3v) is 11.3. The van der Waals surface area contributed by atoms with E-state index in [1.807, 2.05) is 66.8 Å². The second-order valence-electron chi connectivity index (χ2n) is 14.1. The first-order valence-electron chi connectivity index (χ1n) is 17.3. The molecule has 2 aliphatic rings. The maximum atomic E-state index is 12.3. The number of anilines is 1. The molecule has 0 amide bonds. The van der Waals surface area contributed by atoms with Crippen molar-refractivity contribution in [1.29, 1.82) is 0 Å². The molecule has 2 aliphatic heterocycles. The summed E-state index contributed by atoms with van der Waals surface area (Å²) < 4.78 is 75.6. The van der Waals surface area contributed by atoms with Gasteiger partial charge in [-0.05, 0) is 75.1 Å². The van der Waals surface area contributed by atoms with Crippen molar-refractivity contribution in [2.45, 2.75) is 64.2 Å². The van der Waals surface area contributed by atoms with Gasteiger partial charge >= 0.3 is 11.9 Å². The number of allylic oxidation sites excluding steroid dienone is 8. The van der Waals surface area contributed by atoms with Crippen LogP contribution in [0.5, 0.6) is 0 Å². The van der Waals surface area contributed by atoms with Gasteiger partial charge in [0, 0.05) is 47.5 Å². The van der Waals surface area contributed by atoms with E-state index in [0.29, 0.717) is 49.9 Å². The smallest absolute Gasteiger partial charge is 0.337 e. The SMILES string of the molecule is COC(=O)c1ccc2c(c1)C(C)(C)C(=CC=CC=CC=CC1=[N+](CCCCS(=O)(=O)O)c3ccc(C(=O)OC)cc3C1(C)C)N2CCCCS(=O)(=O)O. The number of hydrogen-bond donors (Lipinski definition) is 2. The van der Waals surface area contributed by atoms with Gasteiger partial charge in [0.2, 0.25) is 5.69 Å². The lowest BCUT2D eigenvalue weighted by molar-refractivity contribution is -0.438. The zero-order valence-electron chi connectivity index (χ0n) is 31.0. The van der Waals surface area contributed by atoms with Crippen molar-refractivity contribution in [3.05, 3.63) is 107 Å². The Hall–Kier alpha value is -4.37. The lowest BCUT2D eigenvalue weighted by Crippen LogP contribution is -2.28. The number of hydrogen-bond acceptors (Lipinski definition) is 9. The monoisotopic (exact) mass is 769 g/mol. The van der Waals surface area contributed by atoms with E-state index < -0.39 is 43.0 Å². The maximum absolute atomic E-state index is 12.3. The molecule has 0 atom stereocenters. The van der Waals surface area contributed by atoms with E-state index in [-0.39, 0.29) is 11.5 Å². The molecule has 0 unspecified atom stereocenters. The molecule has 2 heterocycles. The van der Waals surface area contributed by atoms with Gasteiger partial charge in [0.1, 0.15) is 6.54 Å². The fourth-order valence-corrected chi connectivity index (χ4v) is 8.05. The van der Waals surface area contributed by atoms with Crippen LogP contribution in [0.25, 0.3) is 0 Å². The first-order chi connectivity index (χ1) is 24.8. The quantitative estimate of drug-likeness (QED) is 0.0645. The number of unbranched alkanes of at least 4 members (excludes halogenated alkanes) is 2. The summed E-state index contributed by atoms with van der Waals surface area (Å²) >= 11 is 0. The highest BCUT2D eigenvalue weighted by atomic mass is 32.2. The molecular weight excluding hydrogens is 721 g/mol. The van der Waals surface area contributed by atoms with Gasteiger partial charge in [0.25, 0.3) is 20.2 Å². The van der Waals surface area contributed by atoms with Crippen LogP contribution in [-0.4, -0.2) is 87.0 Å². The van der Waals surface area contributed by atoms with E-state index in [9.17, 15) is 35.5 Å². The zero-order valence-corrected chi connectivity index (χ0v) is 32.7. The molecule has 0 saturated carbocycles. The molecule has 0 spiro atoms. The molecule has 2 aromatic rings. The zero-order chi connectivity index (χ0) is 39.2. The Morgan fingerprint density at radius 3 is 1.89 bits per heavy atom. The van der Waals surface area contributed by atoms with Crippen molar-refractivity contribution in [3.8, 4) is 0 Å². The maximum Gasteiger partial charge on any atom is 0.337 e. The van der Waals surface area contributed by atoms with Crippen LogP contribution in [0.3, 0.4) is 0 Å². The van der Waals surface area contributed by atoms with Crippen LogP contribution in [0, 0.1) is 0 Å². The van der Waals surface area contributed by atoms with Crippen LogP contribution in [0.2, 0.25) is 0 Å². The summed E-state index contributed by atoms with van der Waals surface area (Å²) in [6.45, 7) is 9.25. The highest BCUT2D eigenvalue weighted by molar-refractivity contribution is 7.86. The summed E-state index contributed by atoms with van der Waals surface area (Å²) in [6.07, 6.45) is 15.1. The molecule has 0 aliphatic carbocycles. The molecule has 2 N–H and O–H groups in total. The van der Waals surface area contributed by atoms with Gasteiger partial charge in [-0.25, -0.2) is 9.59 Å². The highest BCUT2D eigenvalue weighted by Crippen LogP contribution is 2.48.